The second-order valence-corrected chi connectivity index (χ2v) is 6.79. The monoisotopic (exact) mass is 368 g/mol. The van der Waals surface area contributed by atoms with Crippen molar-refractivity contribution in [2.45, 2.75) is 39.2 Å². The van der Waals surface area contributed by atoms with E-state index in [-0.39, 0.29) is 11.5 Å². The molecule has 27 heavy (non-hydrogen) atoms. The smallest absolute Gasteiger partial charge is 0.339 e. The number of carbonyl (C=O) groups excluding carboxylic acids is 1. The Bertz CT molecular complexity index is 1100. The predicted molar refractivity (Wildman–Crippen MR) is 99.0 cm³/mol. The van der Waals surface area contributed by atoms with Gasteiger partial charge in [-0.2, -0.15) is 0 Å². The van der Waals surface area contributed by atoms with Crippen molar-refractivity contribution in [2.75, 3.05) is 5.32 Å². The number of nitrogens with zero attached hydrogens (tertiary/aromatic N) is 3. The van der Waals surface area contributed by atoms with Crippen molar-refractivity contribution in [2.24, 2.45) is 7.05 Å². The van der Waals surface area contributed by atoms with Gasteiger partial charge in [-0.1, -0.05) is 5.21 Å². The van der Waals surface area contributed by atoms with Crippen LogP contribution >= 0.6 is 0 Å². The van der Waals surface area contributed by atoms with Crippen LogP contribution in [0.1, 0.15) is 30.0 Å². The number of carbonyl (C=O) groups is 1. The fraction of sp³-hybridized carbons (Fsp3) is 0.368. The van der Waals surface area contributed by atoms with Crippen molar-refractivity contribution in [3.63, 3.8) is 0 Å². The molecule has 0 spiro atoms. The number of fused-ring (bicyclic) bond motifs is 3. The summed E-state index contributed by atoms with van der Waals surface area (Å²) in [6.45, 7) is 3.48. The van der Waals surface area contributed by atoms with Crippen molar-refractivity contribution in [1.82, 2.24) is 15.0 Å². The zero-order valence-corrected chi connectivity index (χ0v) is 15.4. The van der Waals surface area contributed by atoms with E-state index in [0.29, 0.717) is 22.7 Å². The topological polar surface area (TPSA) is 99.2 Å². The molecule has 1 atom stereocenters. The third kappa shape index (κ3) is 3.07. The number of aryl methyl sites for hydroxylation is 3. The van der Waals surface area contributed by atoms with Crippen LogP contribution < -0.4 is 15.7 Å². The van der Waals surface area contributed by atoms with Crippen LogP contribution in [0.2, 0.25) is 0 Å². The Balaban J connectivity index is 1.60. The van der Waals surface area contributed by atoms with Crippen LogP contribution in [0.4, 0.5) is 5.82 Å². The molecule has 1 aliphatic rings. The first-order chi connectivity index (χ1) is 12.9. The molecule has 1 aliphatic carbocycles. The lowest BCUT2D eigenvalue weighted by Crippen LogP contribution is -2.30. The number of rotatable bonds is 4. The summed E-state index contributed by atoms with van der Waals surface area (Å²) in [7, 11) is 1.71. The second kappa shape index (κ2) is 6.53. The van der Waals surface area contributed by atoms with E-state index in [9.17, 15) is 9.59 Å². The number of nitrogens with one attached hydrogen (secondary N) is 1. The SMILES string of the molecule is Cc1c(OC(C)C(=O)Nc2cn(C)nn2)ccc2c3c(c(=O)oc12)CCC3. The van der Waals surface area contributed by atoms with Crippen molar-refractivity contribution in [1.29, 1.82) is 0 Å². The van der Waals surface area contributed by atoms with Gasteiger partial charge in [-0.25, -0.2) is 4.79 Å². The zero-order chi connectivity index (χ0) is 19.1. The van der Waals surface area contributed by atoms with Gasteiger partial charge in [-0.05, 0) is 50.8 Å². The van der Waals surface area contributed by atoms with Gasteiger partial charge >= 0.3 is 5.63 Å². The highest BCUT2D eigenvalue weighted by atomic mass is 16.5. The van der Waals surface area contributed by atoms with Crippen molar-refractivity contribution in [3.05, 3.63) is 45.4 Å². The van der Waals surface area contributed by atoms with Gasteiger partial charge in [0, 0.05) is 23.6 Å². The molecule has 1 aromatic carbocycles. The molecule has 0 aliphatic heterocycles. The highest BCUT2D eigenvalue weighted by Crippen LogP contribution is 2.33. The minimum absolute atomic E-state index is 0.274. The van der Waals surface area contributed by atoms with E-state index < -0.39 is 6.10 Å². The minimum atomic E-state index is -0.760. The van der Waals surface area contributed by atoms with Crippen LogP contribution in [0.25, 0.3) is 11.0 Å². The molecule has 0 bridgehead atoms. The van der Waals surface area contributed by atoms with Crippen LogP contribution in [0.15, 0.2) is 27.5 Å². The van der Waals surface area contributed by atoms with Gasteiger partial charge in [0.1, 0.15) is 11.3 Å². The summed E-state index contributed by atoms with van der Waals surface area (Å²) in [6.07, 6.45) is 3.46. The third-order valence-electron chi connectivity index (χ3n) is 4.87. The summed E-state index contributed by atoms with van der Waals surface area (Å²) in [6, 6.07) is 3.72. The van der Waals surface area contributed by atoms with Crippen LogP contribution in [0, 0.1) is 6.92 Å². The average Bonchev–Trinajstić information content (AvgIpc) is 3.27. The molecular weight excluding hydrogens is 348 g/mol. The van der Waals surface area contributed by atoms with E-state index in [2.05, 4.69) is 15.6 Å². The van der Waals surface area contributed by atoms with E-state index in [4.69, 9.17) is 9.15 Å². The quantitative estimate of drug-likeness (QED) is 0.708. The summed E-state index contributed by atoms with van der Waals surface area (Å²) in [4.78, 5) is 24.6. The number of benzene rings is 1. The summed E-state index contributed by atoms with van der Waals surface area (Å²) < 4.78 is 12.9. The second-order valence-electron chi connectivity index (χ2n) is 6.79. The number of hydrogen-bond donors (Lipinski definition) is 1. The number of aromatic nitrogens is 3. The molecule has 1 amide bonds. The van der Waals surface area contributed by atoms with E-state index in [1.165, 1.54) is 4.68 Å². The lowest BCUT2D eigenvalue weighted by atomic mass is 10.0. The van der Waals surface area contributed by atoms with E-state index in [1.807, 2.05) is 19.1 Å². The molecule has 0 saturated carbocycles. The summed E-state index contributed by atoms with van der Waals surface area (Å²) in [5.74, 6) is 0.519. The molecule has 0 fully saturated rings. The summed E-state index contributed by atoms with van der Waals surface area (Å²) >= 11 is 0. The van der Waals surface area contributed by atoms with Crippen LogP contribution in [0.3, 0.4) is 0 Å². The number of ether oxygens (including phenoxy) is 1. The van der Waals surface area contributed by atoms with Gasteiger partial charge < -0.3 is 14.5 Å². The van der Waals surface area contributed by atoms with E-state index in [1.54, 1.807) is 20.2 Å². The first kappa shape index (κ1) is 17.3. The molecule has 4 rings (SSSR count). The Labute approximate surface area is 155 Å². The molecule has 2 aromatic heterocycles. The average molecular weight is 368 g/mol. The van der Waals surface area contributed by atoms with Gasteiger partial charge in [0.05, 0.1) is 6.20 Å². The van der Waals surface area contributed by atoms with Crippen molar-refractivity contribution in [3.8, 4) is 5.75 Å². The van der Waals surface area contributed by atoms with Crippen LogP contribution in [0.5, 0.6) is 5.75 Å². The molecule has 3 aromatic rings. The maximum Gasteiger partial charge on any atom is 0.339 e. The molecule has 0 radical (unpaired) electrons. The maximum atomic E-state index is 12.3. The number of anilines is 1. The number of hydrogen-bond acceptors (Lipinski definition) is 6. The summed E-state index contributed by atoms with van der Waals surface area (Å²) in [5.41, 5.74) is 2.82. The fourth-order valence-corrected chi connectivity index (χ4v) is 3.47. The van der Waals surface area contributed by atoms with Gasteiger partial charge in [0.25, 0.3) is 5.91 Å². The Kier molecular flexibility index (Phi) is 4.18. The number of amides is 1. The van der Waals surface area contributed by atoms with Gasteiger partial charge in [-0.3, -0.25) is 9.48 Å². The summed E-state index contributed by atoms with van der Waals surface area (Å²) in [5, 5.41) is 11.2. The van der Waals surface area contributed by atoms with Crippen LogP contribution in [-0.2, 0) is 24.7 Å². The normalized spacial score (nSPS) is 14.2. The third-order valence-corrected chi connectivity index (χ3v) is 4.87. The van der Waals surface area contributed by atoms with Crippen LogP contribution in [-0.4, -0.2) is 27.0 Å². The van der Waals surface area contributed by atoms with Gasteiger partial charge in [0.15, 0.2) is 11.9 Å². The standard InChI is InChI=1S/C19H20N4O4/c1-10-15(26-11(2)18(24)20-16-9-23(3)22-21-16)8-7-13-12-5-4-6-14(12)19(25)27-17(10)13/h7-9,11H,4-6H2,1-3H3,(H,20,24). The molecule has 8 nitrogen and oxygen atoms in total. The Morgan fingerprint density at radius 3 is 2.85 bits per heavy atom. The predicted octanol–water partition coefficient (Wildman–Crippen LogP) is 2.12. The minimum Gasteiger partial charge on any atom is -0.480 e. The van der Waals surface area contributed by atoms with Crippen molar-refractivity contribution >= 4 is 22.7 Å². The molecule has 140 valence electrons. The highest BCUT2D eigenvalue weighted by Gasteiger charge is 2.23. The molecule has 2 heterocycles. The van der Waals surface area contributed by atoms with Gasteiger partial charge in [0.2, 0.25) is 0 Å². The molecule has 0 saturated heterocycles. The first-order valence-electron chi connectivity index (χ1n) is 8.86. The maximum absolute atomic E-state index is 12.3. The Hall–Kier alpha value is -3.16. The van der Waals surface area contributed by atoms with E-state index in [0.717, 1.165) is 35.8 Å². The Morgan fingerprint density at radius 1 is 1.33 bits per heavy atom. The lowest BCUT2D eigenvalue weighted by molar-refractivity contribution is -0.122. The lowest BCUT2D eigenvalue weighted by Gasteiger charge is -2.16. The highest BCUT2D eigenvalue weighted by molar-refractivity contribution is 5.93. The molecule has 8 heteroatoms. The molecular formula is C19H20N4O4. The first-order valence-corrected chi connectivity index (χ1v) is 8.86. The van der Waals surface area contributed by atoms with Crippen molar-refractivity contribution < 1.29 is 13.9 Å². The fourth-order valence-electron chi connectivity index (χ4n) is 3.47. The largest absolute Gasteiger partial charge is 0.480 e. The zero-order valence-electron chi connectivity index (χ0n) is 15.4. The molecule has 1 unspecified atom stereocenters. The molecule has 1 N–H and O–H groups in total. The van der Waals surface area contributed by atoms with E-state index >= 15 is 0 Å². The van der Waals surface area contributed by atoms with Gasteiger partial charge in [-0.15, -0.1) is 5.10 Å². The Morgan fingerprint density at radius 2 is 2.11 bits per heavy atom.